The van der Waals surface area contributed by atoms with Crippen LogP contribution in [0.25, 0.3) is 0 Å². The molecule has 1 atom stereocenters. The van der Waals surface area contributed by atoms with Crippen molar-refractivity contribution in [2.45, 2.75) is 33.2 Å². The number of nitrogens with zero attached hydrogens (tertiary/aromatic N) is 3. The number of amides is 3. The first kappa shape index (κ1) is 24.7. The molecule has 176 valence electrons. The lowest BCUT2D eigenvalue weighted by molar-refractivity contribution is -0.133. The molecule has 7 nitrogen and oxygen atoms in total. The molecule has 3 rings (SSSR count). The van der Waals surface area contributed by atoms with Crippen molar-refractivity contribution >= 4 is 29.3 Å². The Balaban J connectivity index is 1.90. The van der Waals surface area contributed by atoms with Gasteiger partial charge in [0.25, 0.3) is 5.91 Å². The Hall–Kier alpha value is -2.90. The number of hydrazone groups is 1. The quantitative estimate of drug-likeness (QED) is 0.624. The summed E-state index contributed by atoms with van der Waals surface area (Å²) in [5, 5.41) is 9.62. The van der Waals surface area contributed by atoms with Gasteiger partial charge in [-0.2, -0.15) is 5.10 Å². The molecule has 0 saturated carbocycles. The van der Waals surface area contributed by atoms with Gasteiger partial charge in [0.05, 0.1) is 18.4 Å². The number of benzene rings is 2. The number of halogens is 1. The highest BCUT2D eigenvalue weighted by molar-refractivity contribution is 6.30. The van der Waals surface area contributed by atoms with Crippen molar-refractivity contribution in [2.24, 2.45) is 5.10 Å². The average molecular weight is 471 g/mol. The van der Waals surface area contributed by atoms with Gasteiger partial charge in [-0.25, -0.2) is 9.80 Å². The maximum absolute atomic E-state index is 13.4. The number of urea groups is 1. The summed E-state index contributed by atoms with van der Waals surface area (Å²) in [7, 11) is 1.56. The predicted octanol–water partition coefficient (Wildman–Crippen LogP) is 4.31. The highest BCUT2D eigenvalue weighted by Crippen LogP contribution is 2.33. The van der Waals surface area contributed by atoms with Crippen molar-refractivity contribution in [3.63, 3.8) is 0 Å². The standard InChI is InChI=1S/C25H31ClN4O3/c1-5-27-25(32)29(12-13-33-4)16-24(31)30-23(19-8-10-21(26)11-9-19)15-22(28-30)20-7-6-17(2)18(3)14-20/h6-11,14,23H,5,12-13,15-16H2,1-4H3,(H,27,32)/t23-/m1/s1. The van der Waals surface area contributed by atoms with E-state index in [1.807, 2.05) is 37.3 Å². The van der Waals surface area contributed by atoms with Gasteiger partial charge in [-0.15, -0.1) is 0 Å². The molecule has 0 aromatic heterocycles. The fourth-order valence-corrected chi connectivity index (χ4v) is 3.86. The van der Waals surface area contributed by atoms with E-state index < -0.39 is 0 Å². The molecule has 3 amide bonds. The number of ether oxygens (including phenoxy) is 1. The Morgan fingerprint density at radius 2 is 1.91 bits per heavy atom. The second-order valence-electron chi connectivity index (χ2n) is 8.11. The zero-order chi connectivity index (χ0) is 24.0. The monoisotopic (exact) mass is 470 g/mol. The summed E-state index contributed by atoms with van der Waals surface area (Å²) < 4.78 is 5.12. The molecule has 1 aliphatic heterocycles. The van der Waals surface area contributed by atoms with Crippen LogP contribution in [0.15, 0.2) is 47.6 Å². The van der Waals surface area contributed by atoms with E-state index in [-0.39, 0.29) is 24.5 Å². The Bertz CT molecular complexity index is 1020. The van der Waals surface area contributed by atoms with Gasteiger partial charge in [-0.1, -0.05) is 35.9 Å². The van der Waals surface area contributed by atoms with Crippen LogP contribution < -0.4 is 5.32 Å². The highest BCUT2D eigenvalue weighted by atomic mass is 35.5. The Morgan fingerprint density at radius 3 is 2.55 bits per heavy atom. The van der Waals surface area contributed by atoms with Gasteiger partial charge < -0.3 is 15.0 Å². The second-order valence-corrected chi connectivity index (χ2v) is 8.54. The van der Waals surface area contributed by atoms with Crippen LogP contribution in [0, 0.1) is 13.8 Å². The summed E-state index contributed by atoms with van der Waals surface area (Å²) in [6.45, 7) is 6.99. The highest BCUT2D eigenvalue weighted by Gasteiger charge is 2.34. The van der Waals surface area contributed by atoms with E-state index in [1.165, 1.54) is 21.0 Å². The van der Waals surface area contributed by atoms with E-state index in [0.717, 1.165) is 16.8 Å². The molecule has 0 bridgehead atoms. The first-order valence-corrected chi connectivity index (χ1v) is 11.5. The van der Waals surface area contributed by atoms with Gasteiger partial charge in [0.2, 0.25) is 0 Å². The van der Waals surface area contributed by atoms with Crippen LogP contribution in [0.3, 0.4) is 0 Å². The van der Waals surface area contributed by atoms with Crippen LogP contribution in [0.5, 0.6) is 0 Å². The number of hydrogen-bond acceptors (Lipinski definition) is 4. The number of aryl methyl sites for hydroxylation is 2. The summed E-state index contributed by atoms with van der Waals surface area (Å²) >= 11 is 6.08. The number of hydrogen-bond donors (Lipinski definition) is 1. The van der Waals surface area contributed by atoms with Crippen molar-refractivity contribution in [2.75, 3.05) is 33.4 Å². The molecule has 2 aromatic rings. The normalized spacial score (nSPS) is 15.4. The summed E-state index contributed by atoms with van der Waals surface area (Å²) in [5.41, 5.74) is 5.15. The first-order chi connectivity index (χ1) is 15.8. The van der Waals surface area contributed by atoms with Crippen LogP contribution in [0.4, 0.5) is 4.79 Å². The summed E-state index contributed by atoms with van der Waals surface area (Å²) in [4.78, 5) is 27.3. The van der Waals surface area contributed by atoms with Crippen molar-refractivity contribution in [3.05, 3.63) is 69.7 Å². The van der Waals surface area contributed by atoms with Gasteiger partial charge in [-0.05, 0) is 61.2 Å². The lowest BCUT2D eigenvalue weighted by atomic mass is 9.96. The Labute approximate surface area is 200 Å². The number of carbonyl (C=O) groups excluding carboxylic acids is 2. The molecule has 33 heavy (non-hydrogen) atoms. The molecule has 0 aliphatic carbocycles. The van der Waals surface area contributed by atoms with E-state index in [1.54, 1.807) is 7.11 Å². The van der Waals surface area contributed by atoms with Crippen LogP contribution in [-0.2, 0) is 9.53 Å². The SMILES string of the molecule is CCNC(=O)N(CCOC)CC(=O)N1N=C(c2ccc(C)c(C)c2)C[C@@H]1c1ccc(Cl)cc1. The van der Waals surface area contributed by atoms with Crippen LogP contribution >= 0.6 is 11.6 Å². The zero-order valence-electron chi connectivity index (χ0n) is 19.6. The fraction of sp³-hybridized carbons (Fsp3) is 0.400. The molecule has 0 unspecified atom stereocenters. The summed E-state index contributed by atoms with van der Waals surface area (Å²) in [6, 6.07) is 13.1. The maximum atomic E-state index is 13.4. The number of methoxy groups -OCH3 is 1. The summed E-state index contributed by atoms with van der Waals surface area (Å²) in [6.07, 6.45) is 0.578. The van der Waals surface area contributed by atoms with Gasteiger partial charge in [0, 0.05) is 31.6 Å². The minimum absolute atomic E-state index is 0.0943. The van der Waals surface area contributed by atoms with Crippen molar-refractivity contribution in [3.8, 4) is 0 Å². The summed E-state index contributed by atoms with van der Waals surface area (Å²) in [5.74, 6) is -0.254. The Morgan fingerprint density at radius 1 is 1.18 bits per heavy atom. The Kier molecular flexibility index (Phi) is 8.47. The van der Waals surface area contributed by atoms with Crippen LogP contribution in [0.1, 0.15) is 41.6 Å². The zero-order valence-corrected chi connectivity index (χ0v) is 20.4. The third-order valence-corrected chi connectivity index (χ3v) is 6.02. The van der Waals surface area contributed by atoms with Gasteiger partial charge in [0.15, 0.2) is 0 Å². The minimum atomic E-state index is -0.302. The van der Waals surface area contributed by atoms with Crippen molar-refractivity contribution in [1.82, 2.24) is 15.2 Å². The van der Waals surface area contributed by atoms with Crippen LogP contribution in [-0.4, -0.2) is 60.9 Å². The number of nitrogens with one attached hydrogen (secondary N) is 1. The van der Waals surface area contributed by atoms with E-state index >= 15 is 0 Å². The molecule has 1 aliphatic rings. The molecule has 0 spiro atoms. The molecule has 8 heteroatoms. The largest absolute Gasteiger partial charge is 0.383 e. The maximum Gasteiger partial charge on any atom is 0.317 e. The van der Waals surface area contributed by atoms with Gasteiger partial charge >= 0.3 is 6.03 Å². The molecule has 0 fully saturated rings. The van der Waals surface area contributed by atoms with Gasteiger partial charge in [0.1, 0.15) is 6.54 Å². The van der Waals surface area contributed by atoms with Crippen LogP contribution in [0.2, 0.25) is 5.02 Å². The molecule has 0 saturated heterocycles. The average Bonchev–Trinajstić information content (AvgIpc) is 3.24. The smallest absolute Gasteiger partial charge is 0.317 e. The third kappa shape index (κ3) is 6.12. The lowest BCUT2D eigenvalue weighted by Gasteiger charge is -2.27. The minimum Gasteiger partial charge on any atom is -0.383 e. The van der Waals surface area contributed by atoms with Crippen molar-refractivity contribution < 1.29 is 14.3 Å². The molecular formula is C25H31ClN4O3. The number of carbonyl (C=O) groups is 2. The van der Waals surface area contributed by atoms with E-state index in [4.69, 9.17) is 21.4 Å². The molecule has 1 N–H and O–H groups in total. The number of rotatable bonds is 8. The second kappa shape index (κ2) is 11.3. The molecule has 1 heterocycles. The van der Waals surface area contributed by atoms with E-state index in [0.29, 0.717) is 31.1 Å². The molecule has 2 aromatic carbocycles. The molecular weight excluding hydrogens is 440 g/mol. The van der Waals surface area contributed by atoms with E-state index in [2.05, 4.69) is 31.3 Å². The third-order valence-electron chi connectivity index (χ3n) is 5.77. The van der Waals surface area contributed by atoms with Crippen molar-refractivity contribution in [1.29, 1.82) is 0 Å². The topological polar surface area (TPSA) is 74.2 Å². The first-order valence-electron chi connectivity index (χ1n) is 11.1. The lowest BCUT2D eigenvalue weighted by Crippen LogP contribution is -2.47. The van der Waals surface area contributed by atoms with Gasteiger partial charge in [-0.3, -0.25) is 4.79 Å². The van der Waals surface area contributed by atoms with E-state index in [9.17, 15) is 9.59 Å². The predicted molar refractivity (Wildman–Crippen MR) is 131 cm³/mol. The fourth-order valence-electron chi connectivity index (χ4n) is 3.73. The molecule has 0 radical (unpaired) electrons.